The Bertz CT molecular complexity index is 1240. The van der Waals surface area contributed by atoms with Gasteiger partial charge in [-0.2, -0.15) is 9.49 Å². The van der Waals surface area contributed by atoms with Crippen LogP contribution in [0.5, 0.6) is 0 Å². The Morgan fingerprint density at radius 2 is 1.61 bits per heavy atom. The molecule has 4 nitrogen and oxygen atoms in total. The van der Waals surface area contributed by atoms with Gasteiger partial charge in [0.2, 0.25) is 5.95 Å². The molecule has 0 radical (unpaired) electrons. The molecule has 0 aliphatic rings. The Labute approximate surface area is 162 Å². The largest absolute Gasteiger partial charge is 0.274 e. The number of aryl methyl sites for hydroxylation is 3. The molecule has 5 heteroatoms. The standard InChI is InChI=1S/C23H20FN3O/c1-14-4-8-17(9-5-14)13-27-23(28)18-10-6-15(2)12-20(18)21(26-27)19-11-7-16(3)25-22(19)24/h4-12H,13H2,1-3H3. The molecule has 0 unspecified atom stereocenters. The fourth-order valence-corrected chi connectivity index (χ4v) is 3.27. The lowest BCUT2D eigenvalue weighted by Crippen LogP contribution is -2.24. The zero-order valence-electron chi connectivity index (χ0n) is 16.0. The molecule has 4 rings (SSSR count). The van der Waals surface area contributed by atoms with Gasteiger partial charge in [-0.3, -0.25) is 4.79 Å². The van der Waals surface area contributed by atoms with E-state index >= 15 is 0 Å². The van der Waals surface area contributed by atoms with Crippen LogP contribution in [0.15, 0.2) is 59.4 Å². The molecule has 0 saturated heterocycles. The smallest absolute Gasteiger partial charge is 0.267 e. The molecule has 0 bridgehead atoms. The highest BCUT2D eigenvalue weighted by Gasteiger charge is 2.16. The second kappa shape index (κ2) is 7.00. The molecule has 0 atom stereocenters. The lowest BCUT2D eigenvalue weighted by Gasteiger charge is -2.13. The first kappa shape index (κ1) is 18.0. The lowest BCUT2D eigenvalue weighted by molar-refractivity contribution is 0.581. The molecule has 2 aromatic carbocycles. The molecule has 2 heterocycles. The van der Waals surface area contributed by atoms with Crippen LogP contribution in [-0.2, 0) is 6.54 Å². The van der Waals surface area contributed by atoms with Gasteiger partial charge in [0.1, 0.15) is 5.69 Å². The van der Waals surface area contributed by atoms with E-state index in [1.54, 1.807) is 25.1 Å². The van der Waals surface area contributed by atoms with Crippen molar-refractivity contribution in [2.75, 3.05) is 0 Å². The maximum absolute atomic E-state index is 14.6. The Kier molecular flexibility index (Phi) is 4.51. The van der Waals surface area contributed by atoms with Crippen molar-refractivity contribution in [3.8, 4) is 11.3 Å². The van der Waals surface area contributed by atoms with E-state index in [9.17, 15) is 9.18 Å². The fourth-order valence-electron chi connectivity index (χ4n) is 3.27. The summed E-state index contributed by atoms with van der Waals surface area (Å²) in [6, 6.07) is 16.9. The normalized spacial score (nSPS) is 11.1. The van der Waals surface area contributed by atoms with Crippen LogP contribution in [0, 0.1) is 26.7 Å². The topological polar surface area (TPSA) is 47.8 Å². The number of halogens is 1. The second-order valence-electron chi connectivity index (χ2n) is 7.14. The van der Waals surface area contributed by atoms with Crippen LogP contribution in [0.25, 0.3) is 22.0 Å². The molecule has 0 spiro atoms. The lowest BCUT2D eigenvalue weighted by atomic mass is 10.0. The van der Waals surface area contributed by atoms with E-state index in [0.717, 1.165) is 16.7 Å². The SMILES string of the molecule is Cc1ccc(Cn2nc(-c3ccc(C)nc3F)c3cc(C)ccc3c2=O)cc1. The van der Waals surface area contributed by atoms with Gasteiger partial charge in [0.25, 0.3) is 5.56 Å². The Morgan fingerprint density at radius 3 is 2.32 bits per heavy atom. The summed E-state index contributed by atoms with van der Waals surface area (Å²) in [5.74, 6) is -0.587. The number of nitrogens with zero attached hydrogens (tertiary/aromatic N) is 3. The van der Waals surface area contributed by atoms with Gasteiger partial charge < -0.3 is 0 Å². The molecule has 140 valence electrons. The molecular weight excluding hydrogens is 353 g/mol. The van der Waals surface area contributed by atoms with E-state index in [2.05, 4.69) is 10.1 Å². The number of fused-ring (bicyclic) bond motifs is 1. The van der Waals surface area contributed by atoms with Gasteiger partial charge in [-0.15, -0.1) is 0 Å². The van der Waals surface area contributed by atoms with Crippen molar-refractivity contribution in [3.63, 3.8) is 0 Å². The van der Waals surface area contributed by atoms with Crippen molar-refractivity contribution in [2.24, 2.45) is 0 Å². The predicted molar refractivity (Wildman–Crippen MR) is 109 cm³/mol. The number of pyridine rings is 1. The Hall–Kier alpha value is -3.34. The van der Waals surface area contributed by atoms with Crippen molar-refractivity contribution in [2.45, 2.75) is 27.3 Å². The van der Waals surface area contributed by atoms with E-state index in [0.29, 0.717) is 34.3 Å². The summed E-state index contributed by atoms with van der Waals surface area (Å²) in [6.45, 7) is 6.00. The third-order valence-electron chi connectivity index (χ3n) is 4.81. The maximum atomic E-state index is 14.6. The van der Waals surface area contributed by atoms with Gasteiger partial charge in [0.05, 0.1) is 17.5 Å². The van der Waals surface area contributed by atoms with Crippen LogP contribution < -0.4 is 5.56 Å². The van der Waals surface area contributed by atoms with Gasteiger partial charge >= 0.3 is 0 Å². The van der Waals surface area contributed by atoms with Crippen LogP contribution in [0.4, 0.5) is 4.39 Å². The first-order chi connectivity index (χ1) is 13.4. The number of rotatable bonds is 3. The minimum Gasteiger partial charge on any atom is -0.267 e. The van der Waals surface area contributed by atoms with Gasteiger partial charge in [-0.1, -0.05) is 41.5 Å². The van der Waals surface area contributed by atoms with Gasteiger partial charge in [-0.05, 0) is 50.6 Å². The minimum absolute atomic E-state index is 0.195. The van der Waals surface area contributed by atoms with E-state index in [-0.39, 0.29) is 5.56 Å². The molecule has 0 aliphatic heterocycles. The van der Waals surface area contributed by atoms with Crippen molar-refractivity contribution in [3.05, 3.63) is 93.3 Å². The highest BCUT2D eigenvalue weighted by molar-refractivity contribution is 5.94. The molecule has 4 aromatic rings. The van der Waals surface area contributed by atoms with Crippen LogP contribution in [-0.4, -0.2) is 14.8 Å². The van der Waals surface area contributed by atoms with Crippen LogP contribution >= 0.6 is 0 Å². The minimum atomic E-state index is -0.587. The number of hydrogen-bond acceptors (Lipinski definition) is 3. The van der Waals surface area contributed by atoms with Crippen LogP contribution in [0.3, 0.4) is 0 Å². The summed E-state index contributed by atoms with van der Waals surface area (Å²) >= 11 is 0. The average molecular weight is 373 g/mol. The summed E-state index contributed by atoms with van der Waals surface area (Å²) in [5, 5.41) is 5.69. The van der Waals surface area contributed by atoms with E-state index in [1.807, 2.05) is 50.2 Å². The number of benzene rings is 2. The number of hydrogen-bond donors (Lipinski definition) is 0. The molecule has 0 saturated carbocycles. The van der Waals surface area contributed by atoms with Crippen LogP contribution in [0.1, 0.15) is 22.4 Å². The summed E-state index contributed by atoms with van der Waals surface area (Å²) in [7, 11) is 0. The van der Waals surface area contributed by atoms with E-state index in [4.69, 9.17) is 0 Å². The highest BCUT2D eigenvalue weighted by Crippen LogP contribution is 2.27. The van der Waals surface area contributed by atoms with Crippen LogP contribution in [0.2, 0.25) is 0 Å². The number of aromatic nitrogens is 3. The molecule has 28 heavy (non-hydrogen) atoms. The molecular formula is C23H20FN3O. The van der Waals surface area contributed by atoms with Crippen molar-refractivity contribution < 1.29 is 4.39 Å². The van der Waals surface area contributed by atoms with Gasteiger partial charge in [-0.25, -0.2) is 9.67 Å². The molecule has 0 N–H and O–H groups in total. The zero-order valence-corrected chi connectivity index (χ0v) is 16.0. The summed E-state index contributed by atoms with van der Waals surface area (Å²) in [5.41, 5.74) is 4.20. The fraction of sp³-hybridized carbons (Fsp3) is 0.174. The third kappa shape index (κ3) is 3.31. The second-order valence-corrected chi connectivity index (χ2v) is 7.14. The predicted octanol–water partition coefficient (Wildman–Crippen LogP) is 4.57. The van der Waals surface area contributed by atoms with Gasteiger partial charge in [0, 0.05) is 11.1 Å². The average Bonchev–Trinajstić information content (AvgIpc) is 2.66. The van der Waals surface area contributed by atoms with E-state index in [1.165, 1.54) is 4.68 Å². The Morgan fingerprint density at radius 1 is 0.893 bits per heavy atom. The molecule has 0 amide bonds. The third-order valence-corrected chi connectivity index (χ3v) is 4.81. The summed E-state index contributed by atoms with van der Waals surface area (Å²) < 4.78 is 16.0. The molecule has 0 aliphatic carbocycles. The summed E-state index contributed by atoms with van der Waals surface area (Å²) in [4.78, 5) is 17.0. The van der Waals surface area contributed by atoms with Crippen molar-refractivity contribution in [1.29, 1.82) is 0 Å². The molecule has 0 fully saturated rings. The quantitative estimate of drug-likeness (QED) is 0.494. The Balaban J connectivity index is 1.97. The van der Waals surface area contributed by atoms with E-state index < -0.39 is 5.95 Å². The van der Waals surface area contributed by atoms with Crippen molar-refractivity contribution >= 4 is 10.8 Å². The van der Waals surface area contributed by atoms with Gasteiger partial charge in [0.15, 0.2) is 0 Å². The molecule has 2 aromatic heterocycles. The van der Waals surface area contributed by atoms with Crippen molar-refractivity contribution in [1.82, 2.24) is 14.8 Å². The summed E-state index contributed by atoms with van der Waals surface area (Å²) in [6.07, 6.45) is 0. The maximum Gasteiger partial charge on any atom is 0.274 e. The monoisotopic (exact) mass is 373 g/mol. The first-order valence-electron chi connectivity index (χ1n) is 9.13. The first-order valence-corrected chi connectivity index (χ1v) is 9.13. The zero-order chi connectivity index (χ0) is 19.8. The highest BCUT2D eigenvalue weighted by atomic mass is 19.1.